The average molecular weight is 396 g/mol. The molecule has 7 heteroatoms. The van der Waals surface area contributed by atoms with Crippen LogP contribution in [0.25, 0.3) is 10.9 Å². The number of aliphatic imine (C=N–C) groups is 1. The number of carbonyl (C=O) groups is 2. The molecule has 1 aromatic carbocycles. The molecule has 1 aromatic heterocycles. The molecule has 4 atom stereocenters. The van der Waals surface area contributed by atoms with Gasteiger partial charge in [0.05, 0.1) is 35.3 Å². The number of nitrogens with two attached hydrogens (primary N) is 1. The number of hydrogen-bond acceptors (Lipinski definition) is 4. The molecule has 0 saturated heterocycles. The molecular formula is C22H29N5O2. The summed E-state index contributed by atoms with van der Waals surface area (Å²) in [6.45, 7) is 3.21. The second-order valence-corrected chi connectivity index (χ2v) is 8.54. The van der Waals surface area contributed by atoms with Gasteiger partial charge in [0.15, 0.2) is 0 Å². The van der Waals surface area contributed by atoms with Crippen molar-refractivity contribution in [2.45, 2.75) is 51.6 Å². The number of fused-ring (bicyclic) bond motifs is 1. The second-order valence-electron chi connectivity index (χ2n) is 8.54. The van der Waals surface area contributed by atoms with Crippen LogP contribution in [-0.4, -0.2) is 33.3 Å². The van der Waals surface area contributed by atoms with Crippen molar-refractivity contribution in [2.24, 2.45) is 35.5 Å². The summed E-state index contributed by atoms with van der Waals surface area (Å²) in [5.74, 6) is -0.110. The number of aromatic nitrogens is 2. The Hall–Kier alpha value is -2.70. The van der Waals surface area contributed by atoms with Gasteiger partial charge in [0.2, 0.25) is 5.91 Å². The van der Waals surface area contributed by atoms with Crippen LogP contribution in [0.1, 0.15) is 51.1 Å². The molecule has 3 N–H and O–H groups in total. The highest BCUT2D eigenvalue weighted by Gasteiger charge is 2.58. The fraction of sp³-hybridized carbons (Fsp3) is 0.545. The molecule has 2 saturated carbocycles. The Kier molecular flexibility index (Phi) is 5.15. The van der Waals surface area contributed by atoms with E-state index in [9.17, 15) is 9.59 Å². The number of nitrogens with one attached hydrogen (secondary N) is 1. The minimum Gasteiger partial charge on any atom is -0.388 e. The number of nitrogens with zero attached hydrogens (tertiary/aromatic N) is 3. The predicted octanol–water partition coefficient (Wildman–Crippen LogP) is 2.50. The Balaban J connectivity index is 1.64. The Morgan fingerprint density at radius 1 is 1.24 bits per heavy atom. The van der Waals surface area contributed by atoms with Crippen molar-refractivity contribution in [1.29, 1.82) is 0 Å². The van der Waals surface area contributed by atoms with Crippen molar-refractivity contribution in [1.82, 2.24) is 15.1 Å². The van der Waals surface area contributed by atoms with Crippen LogP contribution < -0.4 is 11.1 Å². The van der Waals surface area contributed by atoms with Gasteiger partial charge in [-0.05, 0) is 44.2 Å². The number of rotatable bonds is 6. The van der Waals surface area contributed by atoms with Crippen LogP contribution in [0.2, 0.25) is 0 Å². The van der Waals surface area contributed by atoms with E-state index in [1.165, 1.54) is 19.8 Å². The summed E-state index contributed by atoms with van der Waals surface area (Å²) in [6.07, 6.45) is 6.55. The van der Waals surface area contributed by atoms with Crippen LogP contribution in [-0.2, 0) is 16.6 Å². The third kappa shape index (κ3) is 3.78. The molecule has 0 aliphatic heterocycles. The maximum atomic E-state index is 13.2. The zero-order valence-corrected chi connectivity index (χ0v) is 17.3. The Morgan fingerprint density at radius 3 is 2.62 bits per heavy atom. The SMILES string of the molecule is CC(=O)C1[C@@H](C(=O)N[C@H](c2cccc3nn(C)cc23)C2CCCC2)[C@H]1N=C(C)N. The number of ketones is 1. The average Bonchev–Trinajstić information content (AvgIpc) is 2.99. The summed E-state index contributed by atoms with van der Waals surface area (Å²) < 4.78 is 1.81. The maximum absolute atomic E-state index is 13.2. The summed E-state index contributed by atoms with van der Waals surface area (Å²) in [7, 11) is 1.91. The number of benzene rings is 1. The summed E-state index contributed by atoms with van der Waals surface area (Å²) in [6, 6.07) is 5.65. The number of Topliss-reactive ketones (excluding diaryl/α,β-unsaturated/α-hetero) is 1. The van der Waals surface area contributed by atoms with E-state index in [0.29, 0.717) is 11.8 Å². The van der Waals surface area contributed by atoms with E-state index < -0.39 is 5.92 Å². The number of amidine groups is 1. The molecule has 1 heterocycles. The van der Waals surface area contributed by atoms with E-state index in [0.717, 1.165) is 29.3 Å². The van der Waals surface area contributed by atoms with Gasteiger partial charge in [-0.1, -0.05) is 25.0 Å². The smallest absolute Gasteiger partial charge is 0.226 e. The van der Waals surface area contributed by atoms with Crippen molar-refractivity contribution >= 4 is 28.4 Å². The largest absolute Gasteiger partial charge is 0.388 e. The number of aryl methyl sites for hydroxylation is 1. The number of amides is 1. The molecule has 1 unspecified atom stereocenters. The molecule has 154 valence electrons. The van der Waals surface area contributed by atoms with Gasteiger partial charge in [-0.2, -0.15) is 5.10 Å². The molecule has 2 aromatic rings. The van der Waals surface area contributed by atoms with Crippen LogP contribution in [0, 0.1) is 17.8 Å². The highest BCUT2D eigenvalue weighted by Crippen LogP contribution is 2.45. The lowest BCUT2D eigenvalue weighted by Gasteiger charge is -2.26. The topological polar surface area (TPSA) is 102 Å². The number of hydrogen-bond donors (Lipinski definition) is 2. The van der Waals surface area contributed by atoms with Gasteiger partial charge in [-0.15, -0.1) is 0 Å². The van der Waals surface area contributed by atoms with Crippen molar-refractivity contribution in [3.8, 4) is 0 Å². The summed E-state index contributed by atoms with van der Waals surface area (Å²) >= 11 is 0. The van der Waals surface area contributed by atoms with Crippen LogP contribution >= 0.6 is 0 Å². The first-order valence-corrected chi connectivity index (χ1v) is 10.4. The van der Waals surface area contributed by atoms with E-state index in [-0.39, 0.29) is 29.7 Å². The molecule has 2 aliphatic carbocycles. The Morgan fingerprint density at radius 2 is 1.97 bits per heavy atom. The summed E-state index contributed by atoms with van der Waals surface area (Å²) in [4.78, 5) is 29.5. The molecule has 1 amide bonds. The fourth-order valence-electron chi connectivity index (χ4n) is 4.95. The third-order valence-corrected chi connectivity index (χ3v) is 6.31. The van der Waals surface area contributed by atoms with E-state index >= 15 is 0 Å². The molecule has 2 aliphatic rings. The quantitative estimate of drug-likeness (QED) is 0.579. The number of carbonyl (C=O) groups excluding carboxylic acids is 2. The van der Waals surface area contributed by atoms with Crippen molar-refractivity contribution in [3.05, 3.63) is 30.0 Å². The van der Waals surface area contributed by atoms with Crippen LogP contribution in [0.5, 0.6) is 0 Å². The first kappa shape index (κ1) is 19.6. The van der Waals surface area contributed by atoms with E-state index in [1.54, 1.807) is 6.92 Å². The molecule has 2 fully saturated rings. The maximum Gasteiger partial charge on any atom is 0.226 e. The van der Waals surface area contributed by atoms with E-state index in [1.807, 2.05) is 30.1 Å². The van der Waals surface area contributed by atoms with Gasteiger partial charge in [0.25, 0.3) is 0 Å². The zero-order chi connectivity index (χ0) is 20.7. The van der Waals surface area contributed by atoms with Crippen LogP contribution in [0.3, 0.4) is 0 Å². The molecule has 7 nitrogen and oxygen atoms in total. The fourth-order valence-corrected chi connectivity index (χ4v) is 4.95. The van der Waals surface area contributed by atoms with Gasteiger partial charge in [-0.3, -0.25) is 19.3 Å². The normalized spacial score (nSPS) is 25.9. The minimum absolute atomic E-state index is 0.00747. The second kappa shape index (κ2) is 7.61. The van der Waals surface area contributed by atoms with Crippen molar-refractivity contribution in [3.63, 3.8) is 0 Å². The monoisotopic (exact) mass is 395 g/mol. The lowest BCUT2D eigenvalue weighted by molar-refractivity contribution is -0.126. The zero-order valence-electron chi connectivity index (χ0n) is 17.3. The van der Waals surface area contributed by atoms with Gasteiger partial charge >= 0.3 is 0 Å². The Bertz CT molecular complexity index is 969. The first-order valence-electron chi connectivity index (χ1n) is 10.4. The standard InChI is InChI=1S/C22H29N5O2/c1-12(28)18-19(21(18)24-13(2)23)22(29)25-20(14-7-4-5-8-14)15-9-6-10-17-16(15)11-27(3)26-17/h6,9-11,14,18-21H,4-5,7-8H2,1-3H3,(H2,23,24)(H,25,29)/t18?,19-,20+,21+/m1/s1. The van der Waals surface area contributed by atoms with E-state index in [4.69, 9.17) is 5.73 Å². The van der Waals surface area contributed by atoms with E-state index in [2.05, 4.69) is 21.5 Å². The highest BCUT2D eigenvalue weighted by atomic mass is 16.2. The van der Waals surface area contributed by atoms with Gasteiger partial charge in [0, 0.05) is 18.6 Å². The van der Waals surface area contributed by atoms with Gasteiger partial charge < -0.3 is 11.1 Å². The molecular weight excluding hydrogens is 366 g/mol. The molecule has 0 spiro atoms. The minimum atomic E-state index is -0.428. The Labute approximate surface area is 170 Å². The predicted molar refractivity (Wildman–Crippen MR) is 112 cm³/mol. The lowest BCUT2D eigenvalue weighted by Crippen LogP contribution is -2.35. The summed E-state index contributed by atoms with van der Waals surface area (Å²) in [5, 5.41) is 8.87. The highest BCUT2D eigenvalue weighted by molar-refractivity contribution is 5.96. The molecule has 0 bridgehead atoms. The molecule has 4 rings (SSSR count). The lowest BCUT2D eigenvalue weighted by atomic mass is 9.89. The van der Waals surface area contributed by atoms with Crippen LogP contribution in [0.4, 0.5) is 0 Å². The summed E-state index contributed by atoms with van der Waals surface area (Å²) in [5.41, 5.74) is 7.74. The first-order chi connectivity index (χ1) is 13.9. The molecule has 0 radical (unpaired) electrons. The van der Waals surface area contributed by atoms with Gasteiger partial charge in [-0.25, -0.2) is 0 Å². The van der Waals surface area contributed by atoms with Crippen molar-refractivity contribution < 1.29 is 9.59 Å². The van der Waals surface area contributed by atoms with Gasteiger partial charge in [0.1, 0.15) is 5.78 Å². The van der Waals surface area contributed by atoms with Crippen LogP contribution in [0.15, 0.2) is 29.4 Å². The molecule has 29 heavy (non-hydrogen) atoms. The van der Waals surface area contributed by atoms with Crippen molar-refractivity contribution in [2.75, 3.05) is 0 Å². The third-order valence-electron chi connectivity index (χ3n) is 6.31.